The van der Waals surface area contributed by atoms with Gasteiger partial charge in [-0.05, 0) is 42.3 Å². The van der Waals surface area contributed by atoms with Crippen LogP contribution in [0, 0.1) is 0 Å². The third-order valence-corrected chi connectivity index (χ3v) is 3.43. The molecule has 0 bridgehead atoms. The van der Waals surface area contributed by atoms with Gasteiger partial charge in [-0.15, -0.1) is 0 Å². The van der Waals surface area contributed by atoms with Crippen molar-refractivity contribution in [3.8, 4) is 0 Å². The molecule has 6 heteroatoms. The van der Waals surface area contributed by atoms with Crippen LogP contribution in [0.3, 0.4) is 0 Å². The molecule has 0 unspecified atom stereocenters. The number of hydrogen-bond acceptors (Lipinski definition) is 3. The molecule has 0 atom stereocenters. The van der Waals surface area contributed by atoms with E-state index in [9.17, 15) is 9.59 Å². The first-order chi connectivity index (χ1) is 10.0. The summed E-state index contributed by atoms with van der Waals surface area (Å²) in [5.41, 5.74) is 1.93. The molecule has 2 N–H and O–H groups in total. The number of benzene rings is 1. The molecule has 0 saturated heterocycles. The monoisotopic (exact) mass is 348 g/mol. The highest BCUT2D eigenvalue weighted by molar-refractivity contribution is 9.10. The van der Waals surface area contributed by atoms with Crippen LogP contribution in [0.5, 0.6) is 0 Å². The van der Waals surface area contributed by atoms with Crippen LogP contribution >= 0.6 is 15.9 Å². The number of carbonyl (C=O) groups is 2. The van der Waals surface area contributed by atoms with Crippen molar-refractivity contribution in [2.45, 2.75) is 13.3 Å². The van der Waals surface area contributed by atoms with E-state index in [4.69, 9.17) is 5.11 Å². The number of nitrogens with zero attached hydrogens (tertiary/aromatic N) is 1. The first-order valence-electron chi connectivity index (χ1n) is 6.30. The van der Waals surface area contributed by atoms with E-state index in [1.807, 2.05) is 25.1 Å². The lowest BCUT2D eigenvalue weighted by Crippen LogP contribution is -2.15. The average molecular weight is 349 g/mol. The minimum atomic E-state index is -1.07. The molecule has 21 heavy (non-hydrogen) atoms. The maximum Gasteiger partial charge on any atom is 0.337 e. The van der Waals surface area contributed by atoms with Gasteiger partial charge in [0.2, 0.25) is 0 Å². The number of carboxylic acids is 1. The first-order valence-corrected chi connectivity index (χ1v) is 7.09. The van der Waals surface area contributed by atoms with Crippen molar-refractivity contribution in [1.82, 2.24) is 4.98 Å². The van der Waals surface area contributed by atoms with E-state index < -0.39 is 5.97 Å². The highest BCUT2D eigenvalue weighted by Crippen LogP contribution is 2.22. The maximum atomic E-state index is 12.1. The van der Waals surface area contributed by atoms with Crippen molar-refractivity contribution >= 4 is 33.5 Å². The van der Waals surface area contributed by atoms with Gasteiger partial charge in [-0.3, -0.25) is 9.78 Å². The van der Waals surface area contributed by atoms with Gasteiger partial charge in [0, 0.05) is 16.4 Å². The first kappa shape index (κ1) is 15.2. The molecule has 2 aromatic rings. The Bertz CT molecular complexity index is 684. The summed E-state index contributed by atoms with van der Waals surface area (Å²) in [7, 11) is 0. The molecule has 0 aliphatic rings. The Kier molecular flexibility index (Phi) is 4.70. The molecule has 1 aromatic heterocycles. The van der Waals surface area contributed by atoms with E-state index in [1.165, 1.54) is 18.3 Å². The summed E-state index contributed by atoms with van der Waals surface area (Å²) in [6.45, 7) is 2.00. The summed E-state index contributed by atoms with van der Waals surface area (Å²) >= 11 is 3.39. The fraction of sp³-hybridized carbons (Fsp3) is 0.133. The number of amides is 1. The van der Waals surface area contributed by atoms with Crippen molar-refractivity contribution in [3.05, 3.63) is 57.8 Å². The van der Waals surface area contributed by atoms with Gasteiger partial charge >= 0.3 is 5.97 Å². The van der Waals surface area contributed by atoms with E-state index in [0.29, 0.717) is 0 Å². The van der Waals surface area contributed by atoms with Gasteiger partial charge < -0.3 is 10.4 Å². The summed E-state index contributed by atoms with van der Waals surface area (Å²) in [5, 5.41) is 11.6. The fourth-order valence-electron chi connectivity index (χ4n) is 1.82. The number of hydrogen-bond donors (Lipinski definition) is 2. The molecule has 5 nitrogen and oxygen atoms in total. The molecule has 0 radical (unpaired) electrons. The Hall–Kier alpha value is -2.21. The second-order valence-electron chi connectivity index (χ2n) is 4.35. The van der Waals surface area contributed by atoms with Crippen molar-refractivity contribution < 1.29 is 14.7 Å². The molecule has 2 rings (SSSR count). The number of aromatic carboxylic acids is 1. The van der Waals surface area contributed by atoms with Gasteiger partial charge in [-0.1, -0.05) is 22.9 Å². The summed E-state index contributed by atoms with van der Waals surface area (Å²) in [6, 6.07) is 8.34. The Morgan fingerprint density at radius 1 is 1.29 bits per heavy atom. The summed E-state index contributed by atoms with van der Waals surface area (Å²) in [6.07, 6.45) is 1.94. The quantitative estimate of drug-likeness (QED) is 0.887. The maximum absolute atomic E-state index is 12.1. The Morgan fingerprint density at radius 3 is 2.62 bits per heavy atom. The van der Waals surface area contributed by atoms with Gasteiger partial charge in [0.1, 0.15) is 5.69 Å². The zero-order valence-corrected chi connectivity index (χ0v) is 12.8. The Morgan fingerprint density at radius 2 is 2.05 bits per heavy atom. The highest BCUT2D eigenvalue weighted by Gasteiger charge is 2.11. The van der Waals surface area contributed by atoms with E-state index in [1.54, 1.807) is 0 Å². The molecular weight excluding hydrogens is 336 g/mol. The van der Waals surface area contributed by atoms with Gasteiger partial charge in [-0.25, -0.2) is 4.79 Å². The van der Waals surface area contributed by atoms with E-state index in [-0.39, 0.29) is 17.2 Å². The molecule has 108 valence electrons. The molecule has 1 heterocycles. The van der Waals surface area contributed by atoms with Crippen LogP contribution in [-0.2, 0) is 6.42 Å². The lowest BCUT2D eigenvalue weighted by molar-refractivity contribution is 0.0696. The smallest absolute Gasteiger partial charge is 0.337 e. The predicted molar refractivity (Wildman–Crippen MR) is 82.7 cm³/mol. The Labute approximate surface area is 130 Å². The van der Waals surface area contributed by atoms with Crippen molar-refractivity contribution in [1.29, 1.82) is 0 Å². The second kappa shape index (κ2) is 6.49. The zero-order chi connectivity index (χ0) is 15.4. The molecular formula is C15H13BrN2O3. The van der Waals surface area contributed by atoms with Crippen LogP contribution in [0.25, 0.3) is 0 Å². The van der Waals surface area contributed by atoms with Crippen LogP contribution in [0.2, 0.25) is 0 Å². The largest absolute Gasteiger partial charge is 0.478 e. The van der Waals surface area contributed by atoms with Crippen molar-refractivity contribution in [3.63, 3.8) is 0 Å². The molecule has 0 aliphatic carbocycles. The third kappa shape index (κ3) is 3.66. The number of rotatable bonds is 4. The summed E-state index contributed by atoms with van der Waals surface area (Å²) < 4.78 is 0.946. The third-order valence-electron chi connectivity index (χ3n) is 2.94. The van der Waals surface area contributed by atoms with Crippen molar-refractivity contribution in [2.24, 2.45) is 0 Å². The van der Waals surface area contributed by atoms with E-state index in [2.05, 4.69) is 26.2 Å². The minimum Gasteiger partial charge on any atom is -0.478 e. The van der Waals surface area contributed by atoms with Crippen LogP contribution < -0.4 is 5.32 Å². The van der Waals surface area contributed by atoms with Gasteiger partial charge in [0.25, 0.3) is 5.91 Å². The highest BCUT2D eigenvalue weighted by atomic mass is 79.9. The number of nitrogens with one attached hydrogen (secondary N) is 1. The summed E-state index contributed by atoms with van der Waals surface area (Å²) in [5.74, 6) is -1.44. The molecule has 0 fully saturated rings. The van der Waals surface area contributed by atoms with E-state index in [0.717, 1.165) is 22.1 Å². The molecule has 0 saturated carbocycles. The number of halogens is 1. The standard InChI is InChI=1S/C15H13BrN2O3/c1-2-9-7-11(16)4-6-12(9)18-14(19)13-5-3-10(8-17-13)15(20)21/h3-8H,2H2,1H3,(H,18,19)(H,20,21). The number of carbonyl (C=O) groups excluding carboxylic acids is 1. The Balaban J connectivity index is 2.19. The van der Waals surface area contributed by atoms with Gasteiger partial charge in [-0.2, -0.15) is 0 Å². The van der Waals surface area contributed by atoms with Gasteiger partial charge in [0.15, 0.2) is 0 Å². The van der Waals surface area contributed by atoms with Gasteiger partial charge in [0.05, 0.1) is 5.56 Å². The molecule has 1 amide bonds. The zero-order valence-electron chi connectivity index (χ0n) is 11.3. The number of anilines is 1. The number of aromatic nitrogens is 1. The molecule has 1 aromatic carbocycles. The second-order valence-corrected chi connectivity index (χ2v) is 5.26. The average Bonchev–Trinajstić information content (AvgIpc) is 2.49. The number of pyridine rings is 1. The fourth-order valence-corrected chi connectivity index (χ4v) is 2.23. The topological polar surface area (TPSA) is 79.3 Å². The van der Waals surface area contributed by atoms with Crippen LogP contribution in [0.15, 0.2) is 41.0 Å². The van der Waals surface area contributed by atoms with E-state index >= 15 is 0 Å². The number of carboxylic acid groups (broad SMARTS) is 1. The molecule has 0 spiro atoms. The molecule has 0 aliphatic heterocycles. The lowest BCUT2D eigenvalue weighted by atomic mass is 10.1. The lowest BCUT2D eigenvalue weighted by Gasteiger charge is -2.10. The van der Waals surface area contributed by atoms with Crippen LogP contribution in [0.1, 0.15) is 33.3 Å². The predicted octanol–water partition coefficient (Wildman–Crippen LogP) is 3.36. The summed E-state index contributed by atoms with van der Waals surface area (Å²) in [4.78, 5) is 26.7. The number of aryl methyl sites for hydroxylation is 1. The normalized spacial score (nSPS) is 10.2. The SMILES string of the molecule is CCc1cc(Br)ccc1NC(=O)c1ccc(C(=O)O)cn1. The van der Waals surface area contributed by atoms with Crippen LogP contribution in [-0.4, -0.2) is 22.0 Å². The van der Waals surface area contributed by atoms with Crippen molar-refractivity contribution in [2.75, 3.05) is 5.32 Å². The minimum absolute atomic E-state index is 0.0458. The van der Waals surface area contributed by atoms with Crippen LogP contribution in [0.4, 0.5) is 5.69 Å².